The number of anilines is 1. The number of benzene rings is 1. The predicted molar refractivity (Wildman–Crippen MR) is 151 cm³/mol. The average Bonchev–Trinajstić information content (AvgIpc) is 3.29. The number of methoxy groups -OCH3 is 1. The number of aryl methyl sites for hydroxylation is 1. The van der Waals surface area contributed by atoms with Crippen LogP contribution in [0.1, 0.15) is 57.0 Å². The van der Waals surface area contributed by atoms with Crippen LogP contribution in [-0.2, 0) is 9.53 Å². The van der Waals surface area contributed by atoms with E-state index >= 15 is 0 Å². The molecule has 4 rings (SSSR count). The van der Waals surface area contributed by atoms with Gasteiger partial charge in [-0.1, -0.05) is 19.4 Å². The molecule has 1 aliphatic rings. The van der Waals surface area contributed by atoms with Crippen molar-refractivity contribution in [2.45, 2.75) is 58.5 Å². The fourth-order valence-electron chi connectivity index (χ4n) is 5.20. The van der Waals surface area contributed by atoms with Crippen LogP contribution in [0.15, 0.2) is 30.6 Å². The molecule has 10 heteroatoms. The van der Waals surface area contributed by atoms with Gasteiger partial charge in [0.05, 0.1) is 36.2 Å². The molecule has 0 spiro atoms. The number of nitrogens with zero attached hydrogens (tertiary/aromatic N) is 5. The van der Waals surface area contributed by atoms with Gasteiger partial charge in [-0.15, -0.1) is 0 Å². The predicted octanol–water partition coefficient (Wildman–Crippen LogP) is 4.72. The molecule has 0 saturated carbocycles. The van der Waals surface area contributed by atoms with Gasteiger partial charge in [-0.3, -0.25) is 19.5 Å². The monoisotopic (exact) mass is 536 g/mol. The van der Waals surface area contributed by atoms with Crippen molar-refractivity contribution in [2.24, 2.45) is 0 Å². The Morgan fingerprint density at radius 1 is 1.23 bits per heavy atom. The second-order valence-electron chi connectivity index (χ2n) is 10.5. The zero-order chi connectivity index (χ0) is 28.1. The lowest BCUT2D eigenvalue weighted by Crippen LogP contribution is -2.42. The first-order valence-corrected chi connectivity index (χ1v) is 13.6. The van der Waals surface area contributed by atoms with E-state index in [1.165, 1.54) is 0 Å². The largest absolute Gasteiger partial charge is 0.495 e. The van der Waals surface area contributed by atoms with E-state index in [4.69, 9.17) is 14.5 Å². The standard InChI is InChI=1S/C29H40N6O4/c1-7-8-19(2)39-29(37)31-23-10-9-22(17-24(23)38-6)26-27-20(3)30-13-16-35(27)28(32-26)21-11-14-34(15-12-21)25(36)18-33(4)5/h9-10,13,16-17,19,21H,7-8,11-12,14-15,18H2,1-6H3,(H,31,37)/t19-/m0/s1. The van der Waals surface area contributed by atoms with E-state index in [1.54, 1.807) is 13.3 Å². The van der Waals surface area contributed by atoms with Crippen molar-refractivity contribution < 1.29 is 19.1 Å². The molecule has 0 radical (unpaired) electrons. The van der Waals surface area contributed by atoms with Crippen molar-refractivity contribution in [1.29, 1.82) is 0 Å². The summed E-state index contributed by atoms with van der Waals surface area (Å²) in [5.74, 6) is 1.88. The lowest BCUT2D eigenvalue weighted by molar-refractivity contribution is -0.132. The zero-order valence-electron chi connectivity index (χ0n) is 23.9. The number of hydrogen-bond donors (Lipinski definition) is 1. The topological polar surface area (TPSA) is 101 Å². The Labute approximate surface area is 230 Å². The molecular formula is C29H40N6O4. The fourth-order valence-corrected chi connectivity index (χ4v) is 5.20. The maximum absolute atomic E-state index is 12.5. The Hall–Kier alpha value is -3.66. The number of nitrogens with one attached hydrogen (secondary N) is 1. The molecule has 1 atom stereocenters. The van der Waals surface area contributed by atoms with Crippen molar-refractivity contribution in [1.82, 2.24) is 24.2 Å². The molecule has 1 aromatic carbocycles. The van der Waals surface area contributed by atoms with Gasteiger partial charge in [0, 0.05) is 37.0 Å². The van der Waals surface area contributed by atoms with Crippen LogP contribution in [0, 0.1) is 6.92 Å². The Balaban J connectivity index is 1.60. The molecule has 1 N–H and O–H groups in total. The Morgan fingerprint density at radius 2 is 1.97 bits per heavy atom. The molecule has 1 fully saturated rings. The number of fused-ring (bicyclic) bond motifs is 1. The molecule has 1 saturated heterocycles. The lowest BCUT2D eigenvalue weighted by Gasteiger charge is -2.32. The number of rotatable bonds is 9. The normalized spacial score (nSPS) is 15.0. The van der Waals surface area contributed by atoms with Gasteiger partial charge in [-0.25, -0.2) is 9.78 Å². The van der Waals surface area contributed by atoms with Crippen LogP contribution in [0.2, 0.25) is 0 Å². The first kappa shape index (κ1) is 28.4. The Kier molecular flexibility index (Phi) is 9.06. The molecule has 2 amide bonds. The molecule has 10 nitrogen and oxygen atoms in total. The summed E-state index contributed by atoms with van der Waals surface area (Å²) in [6, 6.07) is 5.62. The van der Waals surface area contributed by atoms with Gasteiger partial charge >= 0.3 is 6.09 Å². The van der Waals surface area contributed by atoms with Crippen molar-refractivity contribution >= 4 is 23.2 Å². The van der Waals surface area contributed by atoms with E-state index in [9.17, 15) is 9.59 Å². The first-order chi connectivity index (χ1) is 18.7. The first-order valence-electron chi connectivity index (χ1n) is 13.6. The third-order valence-corrected chi connectivity index (χ3v) is 7.14. The van der Waals surface area contributed by atoms with Crippen LogP contribution in [0.3, 0.4) is 0 Å². The maximum atomic E-state index is 12.5. The number of ether oxygens (including phenoxy) is 2. The van der Waals surface area contributed by atoms with Crippen LogP contribution in [0.4, 0.5) is 10.5 Å². The highest BCUT2D eigenvalue weighted by molar-refractivity contribution is 5.89. The SMILES string of the molecule is CCC[C@H](C)OC(=O)Nc1ccc(-c2nc(C3CCN(C(=O)CN(C)C)CC3)n3ccnc(C)c23)cc1OC. The molecule has 210 valence electrons. The summed E-state index contributed by atoms with van der Waals surface area (Å²) in [4.78, 5) is 38.5. The van der Waals surface area contributed by atoms with Crippen molar-refractivity contribution in [3.05, 3.63) is 42.1 Å². The summed E-state index contributed by atoms with van der Waals surface area (Å²) >= 11 is 0. The third-order valence-electron chi connectivity index (χ3n) is 7.14. The van der Waals surface area contributed by atoms with Crippen molar-refractivity contribution in [3.63, 3.8) is 0 Å². The van der Waals surface area contributed by atoms with Gasteiger partial charge in [0.15, 0.2) is 0 Å². The summed E-state index contributed by atoms with van der Waals surface area (Å²) in [6.07, 6.45) is 6.53. The molecule has 0 aliphatic carbocycles. The van der Waals surface area contributed by atoms with Gasteiger partial charge in [0.2, 0.25) is 5.91 Å². The highest BCUT2D eigenvalue weighted by Gasteiger charge is 2.28. The number of likely N-dealkylation sites (N-methyl/N-ethyl adjacent to an activating group) is 1. The average molecular weight is 537 g/mol. The van der Waals surface area contributed by atoms with Crippen molar-refractivity contribution in [2.75, 3.05) is 46.2 Å². The number of carbonyl (C=O) groups is 2. The van der Waals surface area contributed by atoms with E-state index in [2.05, 4.69) is 21.6 Å². The highest BCUT2D eigenvalue weighted by atomic mass is 16.6. The summed E-state index contributed by atoms with van der Waals surface area (Å²) in [7, 11) is 5.40. The Morgan fingerprint density at radius 3 is 2.64 bits per heavy atom. The van der Waals surface area contributed by atoms with E-state index in [0.29, 0.717) is 31.1 Å². The number of amides is 2. The van der Waals surface area contributed by atoms with E-state index in [1.807, 2.05) is 62.1 Å². The minimum absolute atomic E-state index is 0.163. The van der Waals surface area contributed by atoms with E-state index in [-0.39, 0.29) is 17.9 Å². The molecule has 1 aliphatic heterocycles. The number of aromatic nitrogens is 3. The molecule has 39 heavy (non-hydrogen) atoms. The van der Waals surface area contributed by atoms with Gasteiger partial charge in [0.1, 0.15) is 17.7 Å². The Bertz CT molecular complexity index is 1310. The lowest BCUT2D eigenvalue weighted by atomic mass is 9.96. The number of imidazole rings is 1. The minimum atomic E-state index is -0.507. The smallest absolute Gasteiger partial charge is 0.412 e. The van der Waals surface area contributed by atoms with Crippen LogP contribution in [-0.4, -0.2) is 83.1 Å². The number of hydrogen-bond acceptors (Lipinski definition) is 7. The van der Waals surface area contributed by atoms with Crippen LogP contribution >= 0.6 is 0 Å². The molecular weight excluding hydrogens is 496 g/mol. The second-order valence-corrected chi connectivity index (χ2v) is 10.5. The summed E-state index contributed by atoms with van der Waals surface area (Å²) < 4.78 is 13.2. The fraction of sp³-hybridized carbons (Fsp3) is 0.517. The molecule has 2 aromatic heterocycles. The van der Waals surface area contributed by atoms with E-state index in [0.717, 1.165) is 54.0 Å². The zero-order valence-corrected chi connectivity index (χ0v) is 23.9. The van der Waals surface area contributed by atoms with Crippen LogP contribution in [0.5, 0.6) is 5.75 Å². The highest BCUT2D eigenvalue weighted by Crippen LogP contribution is 2.36. The summed E-state index contributed by atoms with van der Waals surface area (Å²) in [6.45, 7) is 7.77. The molecule has 0 unspecified atom stereocenters. The maximum Gasteiger partial charge on any atom is 0.412 e. The third kappa shape index (κ3) is 6.50. The van der Waals surface area contributed by atoms with Gasteiger partial charge in [0.25, 0.3) is 0 Å². The summed E-state index contributed by atoms with van der Waals surface area (Å²) in [5, 5.41) is 2.80. The number of piperidine rings is 1. The van der Waals surface area contributed by atoms with Crippen molar-refractivity contribution in [3.8, 4) is 17.0 Å². The minimum Gasteiger partial charge on any atom is -0.495 e. The van der Waals surface area contributed by atoms with Crippen LogP contribution < -0.4 is 10.1 Å². The van der Waals surface area contributed by atoms with Crippen LogP contribution in [0.25, 0.3) is 16.8 Å². The van der Waals surface area contributed by atoms with Gasteiger partial charge < -0.3 is 19.3 Å². The summed E-state index contributed by atoms with van der Waals surface area (Å²) in [5.41, 5.74) is 4.02. The van der Waals surface area contributed by atoms with Gasteiger partial charge in [-0.2, -0.15) is 0 Å². The number of likely N-dealkylation sites (tertiary alicyclic amines) is 1. The quantitative estimate of drug-likeness (QED) is 0.422. The van der Waals surface area contributed by atoms with E-state index < -0.39 is 6.09 Å². The number of carbonyl (C=O) groups excluding carboxylic acids is 2. The molecule has 3 aromatic rings. The second kappa shape index (κ2) is 12.5. The molecule has 0 bridgehead atoms. The van der Waals surface area contributed by atoms with Gasteiger partial charge in [-0.05, 0) is 59.3 Å². The molecule has 3 heterocycles.